The van der Waals surface area contributed by atoms with Crippen molar-refractivity contribution < 1.29 is 23.9 Å². The molecule has 0 fully saturated rings. The summed E-state index contributed by atoms with van der Waals surface area (Å²) in [5.74, 6) is -2.39. The summed E-state index contributed by atoms with van der Waals surface area (Å²) in [5, 5.41) is 15.4. The number of carboxylic acids is 1. The first kappa shape index (κ1) is 17.6. The number of carbonyl (C=O) groups is 3. The van der Waals surface area contributed by atoms with Gasteiger partial charge in [-0.25, -0.2) is 9.18 Å². The van der Waals surface area contributed by atoms with E-state index in [0.717, 1.165) is 11.3 Å². The normalized spacial score (nSPS) is 19.5. The highest BCUT2D eigenvalue weighted by molar-refractivity contribution is 7.15. The zero-order valence-electron chi connectivity index (χ0n) is 14.8. The van der Waals surface area contributed by atoms with E-state index in [0.29, 0.717) is 27.4 Å². The van der Waals surface area contributed by atoms with E-state index in [2.05, 4.69) is 10.6 Å². The molecule has 6 nitrogen and oxygen atoms in total. The predicted octanol–water partition coefficient (Wildman–Crippen LogP) is 3.83. The van der Waals surface area contributed by atoms with Crippen molar-refractivity contribution in [3.05, 3.63) is 69.7 Å². The van der Waals surface area contributed by atoms with Crippen LogP contribution in [0.3, 0.4) is 0 Å². The van der Waals surface area contributed by atoms with Crippen molar-refractivity contribution in [1.29, 1.82) is 0 Å². The van der Waals surface area contributed by atoms with Crippen LogP contribution in [0.5, 0.6) is 0 Å². The molecule has 2 amide bonds. The van der Waals surface area contributed by atoms with Crippen LogP contribution in [0.15, 0.2) is 48.5 Å². The number of para-hydroxylation sites is 1. The molecule has 2 aliphatic rings. The largest absolute Gasteiger partial charge is 0.477 e. The standard InChI is InChI=1S/C21H13FN2O4S/c22-11-7-5-10(6-8-11)15-16-18(29-17(15)19(26)27)21(9-14(25)24-16)12-3-1-2-4-13(12)23-20(21)28/h1-8H,9H2,(H,23,28)(H,24,25)(H,26,27)/t21-/m0/s1. The first-order chi connectivity index (χ1) is 13.9. The number of carboxylic acid groups (broad SMARTS) is 1. The lowest BCUT2D eigenvalue weighted by Crippen LogP contribution is -2.42. The Bertz CT molecular complexity index is 1220. The Balaban J connectivity index is 1.84. The van der Waals surface area contributed by atoms with E-state index in [9.17, 15) is 23.9 Å². The first-order valence-corrected chi connectivity index (χ1v) is 9.61. The van der Waals surface area contributed by atoms with Gasteiger partial charge in [-0.15, -0.1) is 11.3 Å². The molecule has 0 radical (unpaired) electrons. The molecule has 3 aromatic rings. The van der Waals surface area contributed by atoms with Gasteiger partial charge >= 0.3 is 5.97 Å². The molecule has 1 spiro atoms. The van der Waals surface area contributed by atoms with Crippen LogP contribution < -0.4 is 10.6 Å². The summed E-state index contributed by atoms with van der Waals surface area (Å²) >= 11 is 0.966. The fourth-order valence-electron chi connectivity index (χ4n) is 4.11. The number of aromatic carboxylic acids is 1. The third kappa shape index (κ3) is 2.35. The van der Waals surface area contributed by atoms with Crippen molar-refractivity contribution in [2.75, 3.05) is 10.6 Å². The van der Waals surface area contributed by atoms with E-state index in [1.807, 2.05) is 0 Å². The summed E-state index contributed by atoms with van der Waals surface area (Å²) in [4.78, 5) is 38.2. The number of benzene rings is 2. The number of hydrogen-bond donors (Lipinski definition) is 3. The molecule has 144 valence electrons. The lowest BCUT2D eigenvalue weighted by atomic mass is 9.74. The topological polar surface area (TPSA) is 95.5 Å². The zero-order valence-corrected chi connectivity index (χ0v) is 15.6. The number of halogens is 1. The third-order valence-electron chi connectivity index (χ3n) is 5.34. The van der Waals surface area contributed by atoms with E-state index < -0.39 is 17.2 Å². The SMILES string of the molecule is O=C1C[C@@]2(C(=O)Nc3ccccc32)c2sc(C(=O)O)c(-c3ccc(F)cc3)c2N1. The number of nitrogens with one attached hydrogen (secondary N) is 2. The van der Waals surface area contributed by atoms with Crippen LogP contribution in [0.2, 0.25) is 0 Å². The highest BCUT2D eigenvalue weighted by atomic mass is 32.1. The highest BCUT2D eigenvalue weighted by Gasteiger charge is 2.55. The van der Waals surface area contributed by atoms with E-state index in [1.165, 1.54) is 24.3 Å². The highest BCUT2D eigenvalue weighted by Crippen LogP contribution is 2.56. The lowest BCUT2D eigenvalue weighted by Gasteiger charge is -2.31. The van der Waals surface area contributed by atoms with Gasteiger partial charge in [0.25, 0.3) is 0 Å². The predicted molar refractivity (Wildman–Crippen MR) is 106 cm³/mol. The van der Waals surface area contributed by atoms with Gasteiger partial charge in [-0.2, -0.15) is 0 Å². The van der Waals surface area contributed by atoms with Crippen LogP contribution in [0.4, 0.5) is 15.8 Å². The van der Waals surface area contributed by atoms with Crippen LogP contribution in [-0.2, 0) is 15.0 Å². The van der Waals surface area contributed by atoms with Gasteiger partial charge in [0.1, 0.15) is 16.1 Å². The van der Waals surface area contributed by atoms with Crippen molar-refractivity contribution in [1.82, 2.24) is 0 Å². The molecule has 2 aliphatic heterocycles. The molecule has 3 N–H and O–H groups in total. The number of carbonyl (C=O) groups excluding carboxylic acids is 2. The molecule has 29 heavy (non-hydrogen) atoms. The van der Waals surface area contributed by atoms with Crippen molar-refractivity contribution in [2.24, 2.45) is 0 Å². The average Bonchev–Trinajstić information content (AvgIpc) is 3.20. The van der Waals surface area contributed by atoms with Gasteiger partial charge in [0, 0.05) is 11.3 Å². The smallest absolute Gasteiger partial charge is 0.346 e. The molecule has 1 atom stereocenters. The Hall–Kier alpha value is -3.52. The van der Waals surface area contributed by atoms with Gasteiger partial charge in [-0.3, -0.25) is 9.59 Å². The Morgan fingerprint density at radius 1 is 1.07 bits per heavy atom. The summed E-state index contributed by atoms with van der Waals surface area (Å²) in [6.45, 7) is 0. The van der Waals surface area contributed by atoms with E-state index in [4.69, 9.17) is 0 Å². The van der Waals surface area contributed by atoms with Crippen LogP contribution in [0.25, 0.3) is 11.1 Å². The molecule has 5 rings (SSSR count). The molecule has 0 saturated heterocycles. The zero-order chi connectivity index (χ0) is 20.3. The maximum atomic E-state index is 13.4. The van der Waals surface area contributed by atoms with Crippen molar-refractivity contribution in [3.8, 4) is 11.1 Å². The number of hydrogen-bond acceptors (Lipinski definition) is 4. The third-order valence-corrected chi connectivity index (χ3v) is 6.68. The molecule has 2 aromatic carbocycles. The van der Waals surface area contributed by atoms with Crippen LogP contribution in [-0.4, -0.2) is 22.9 Å². The summed E-state index contributed by atoms with van der Waals surface area (Å²) in [6, 6.07) is 12.4. The Kier molecular flexibility index (Phi) is 3.63. The number of fused-ring (bicyclic) bond motifs is 4. The Morgan fingerprint density at radius 3 is 2.52 bits per heavy atom. The summed E-state index contributed by atoms with van der Waals surface area (Å²) < 4.78 is 13.4. The maximum Gasteiger partial charge on any atom is 0.346 e. The van der Waals surface area contributed by atoms with E-state index in [1.54, 1.807) is 24.3 Å². The minimum absolute atomic E-state index is 0.0136. The second-order valence-corrected chi connectivity index (χ2v) is 7.97. The number of thiophene rings is 1. The molecular formula is C21H13FN2O4S. The van der Waals surface area contributed by atoms with Gasteiger partial charge in [-0.1, -0.05) is 30.3 Å². The maximum absolute atomic E-state index is 13.4. The first-order valence-electron chi connectivity index (χ1n) is 8.79. The average molecular weight is 408 g/mol. The van der Waals surface area contributed by atoms with Gasteiger partial charge < -0.3 is 15.7 Å². The van der Waals surface area contributed by atoms with Gasteiger partial charge in [0.2, 0.25) is 11.8 Å². The quantitative estimate of drug-likeness (QED) is 0.601. The fraction of sp³-hybridized carbons (Fsp3) is 0.0952. The van der Waals surface area contributed by atoms with Gasteiger partial charge in [0.15, 0.2) is 0 Å². The molecule has 3 heterocycles. The van der Waals surface area contributed by atoms with Gasteiger partial charge in [-0.05, 0) is 29.3 Å². The second kappa shape index (κ2) is 5.99. The van der Waals surface area contributed by atoms with Gasteiger partial charge in [0.05, 0.1) is 17.0 Å². The van der Waals surface area contributed by atoms with E-state index in [-0.39, 0.29) is 28.7 Å². The van der Waals surface area contributed by atoms with Crippen LogP contribution in [0, 0.1) is 5.82 Å². The minimum Gasteiger partial charge on any atom is -0.477 e. The molecule has 8 heteroatoms. The second-order valence-electron chi connectivity index (χ2n) is 6.95. The summed E-state index contributed by atoms with van der Waals surface area (Å²) in [6.07, 6.45) is -0.120. The summed E-state index contributed by atoms with van der Waals surface area (Å²) in [5.41, 5.74) is 0.979. The molecule has 0 aliphatic carbocycles. The monoisotopic (exact) mass is 408 g/mol. The summed E-state index contributed by atoms with van der Waals surface area (Å²) in [7, 11) is 0. The number of anilines is 2. The van der Waals surface area contributed by atoms with Crippen molar-refractivity contribution in [3.63, 3.8) is 0 Å². The molecule has 1 aromatic heterocycles. The van der Waals surface area contributed by atoms with Crippen molar-refractivity contribution >= 4 is 40.5 Å². The minimum atomic E-state index is -1.29. The molecule has 0 unspecified atom stereocenters. The lowest BCUT2D eigenvalue weighted by molar-refractivity contribution is -0.125. The fourth-order valence-corrected chi connectivity index (χ4v) is 5.43. The Labute approximate surface area is 168 Å². The van der Waals surface area contributed by atoms with Crippen LogP contribution in [0.1, 0.15) is 26.5 Å². The number of rotatable bonds is 2. The van der Waals surface area contributed by atoms with Crippen LogP contribution >= 0.6 is 11.3 Å². The molecular weight excluding hydrogens is 395 g/mol. The van der Waals surface area contributed by atoms with E-state index >= 15 is 0 Å². The Morgan fingerprint density at radius 2 is 1.79 bits per heavy atom. The van der Waals surface area contributed by atoms with Crippen molar-refractivity contribution in [2.45, 2.75) is 11.8 Å². The number of amides is 2. The molecule has 0 bridgehead atoms. The molecule has 0 saturated carbocycles.